The van der Waals surface area contributed by atoms with E-state index >= 15 is 0 Å². The first-order chi connectivity index (χ1) is 21.6. The monoisotopic (exact) mass is 758 g/mol. The van der Waals surface area contributed by atoms with Crippen LogP contribution in [0.2, 0.25) is 8.26 Å². The van der Waals surface area contributed by atoms with E-state index in [1.807, 2.05) is 0 Å². The largest absolute Gasteiger partial charge is 0.147 e. The van der Waals surface area contributed by atoms with Crippen LogP contribution in [0.15, 0.2) is 83.9 Å². The molecule has 0 bridgehead atoms. The molecule has 47 heavy (non-hydrogen) atoms. The number of benzene rings is 4. The number of aryl methyl sites for hydroxylation is 4. The van der Waals surface area contributed by atoms with Crippen molar-refractivity contribution in [2.75, 3.05) is 0 Å². The van der Waals surface area contributed by atoms with Gasteiger partial charge in [0.1, 0.15) is 0 Å². The fourth-order valence-corrected chi connectivity index (χ4v) is 33.1. The molecular weight excluding hydrogens is 707 g/mol. The Kier molecular flexibility index (Phi) is 11.7. The SMILES string of the molecule is CCC1=Cc2c(-c3ccc(CC)cc3)cc(C)cc2[CH]1[Zr](=[SiH2])([CH2]C)([CH2]C)[CH]1C(C)=Cc2c(-c3ccc(CC)cc3)cc(C)cc21.Cl.Cl. The summed E-state index contributed by atoms with van der Waals surface area (Å²) in [6.45, 7) is 21.7. The molecule has 4 heteroatoms. The maximum Gasteiger partial charge on any atom is -0.147 e. The van der Waals surface area contributed by atoms with Gasteiger partial charge >= 0.3 is 277 Å². The minimum atomic E-state index is -3.75. The molecule has 2 atom stereocenters. The van der Waals surface area contributed by atoms with Gasteiger partial charge in [0.2, 0.25) is 0 Å². The van der Waals surface area contributed by atoms with Crippen molar-refractivity contribution in [1.82, 2.24) is 0 Å². The van der Waals surface area contributed by atoms with Crippen LogP contribution in [0.1, 0.15) is 99.7 Å². The second-order valence-electron chi connectivity index (χ2n) is 14.4. The number of hydrogen-bond donors (Lipinski definition) is 0. The van der Waals surface area contributed by atoms with Crippen molar-refractivity contribution in [2.24, 2.45) is 0 Å². The summed E-state index contributed by atoms with van der Waals surface area (Å²) in [5, 5.41) is 0. The van der Waals surface area contributed by atoms with Gasteiger partial charge in [0, 0.05) is 0 Å². The normalized spacial score (nSPS) is 16.9. The van der Waals surface area contributed by atoms with Gasteiger partial charge in [0.15, 0.2) is 0 Å². The molecule has 0 saturated carbocycles. The van der Waals surface area contributed by atoms with Gasteiger partial charge in [0.25, 0.3) is 0 Å². The molecule has 248 valence electrons. The predicted octanol–water partition coefficient (Wildman–Crippen LogP) is 12.7. The Hall–Kier alpha value is -1.96. The molecular formula is C43H54Cl2SiZr. The number of rotatable bonds is 9. The molecule has 0 nitrogen and oxygen atoms in total. The molecule has 4 aromatic carbocycles. The summed E-state index contributed by atoms with van der Waals surface area (Å²) in [7, 11) is 0. The predicted molar refractivity (Wildman–Crippen MR) is 213 cm³/mol. The van der Waals surface area contributed by atoms with Gasteiger partial charge in [-0.3, -0.25) is 0 Å². The van der Waals surface area contributed by atoms with Gasteiger partial charge in [-0.05, 0) is 0 Å². The molecule has 0 radical (unpaired) electrons. The van der Waals surface area contributed by atoms with Crippen molar-refractivity contribution in [1.29, 1.82) is 0 Å². The third-order valence-corrected chi connectivity index (χ3v) is 42.9. The van der Waals surface area contributed by atoms with Crippen molar-refractivity contribution in [3.8, 4) is 22.3 Å². The molecule has 2 aliphatic rings. The van der Waals surface area contributed by atoms with E-state index in [4.69, 9.17) is 0 Å². The summed E-state index contributed by atoms with van der Waals surface area (Å²) in [5.74, 6) is 0. The average Bonchev–Trinajstić information content (AvgIpc) is 3.62. The zero-order valence-corrected chi connectivity index (χ0v) is 35.3. The Balaban J connectivity index is 0.00000250. The van der Waals surface area contributed by atoms with Crippen molar-refractivity contribution in [2.45, 2.75) is 90.2 Å². The summed E-state index contributed by atoms with van der Waals surface area (Å²) in [6.07, 6.45) is 8.52. The zero-order chi connectivity index (χ0) is 32.1. The molecule has 2 aliphatic carbocycles. The molecule has 0 saturated heterocycles. The molecule has 0 aliphatic heterocycles. The molecule has 4 aromatic rings. The van der Waals surface area contributed by atoms with E-state index in [0.29, 0.717) is 7.25 Å². The first kappa shape index (κ1) is 37.9. The van der Waals surface area contributed by atoms with E-state index in [0.717, 1.165) is 19.3 Å². The topological polar surface area (TPSA) is 0 Å². The van der Waals surface area contributed by atoms with Crippen LogP contribution >= 0.6 is 24.8 Å². The van der Waals surface area contributed by atoms with Crippen LogP contribution in [0.3, 0.4) is 0 Å². The van der Waals surface area contributed by atoms with Crippen LogP contribution in [-0.4, -0.2) is 6.88 Å². The standard InChI is InChI=1S/C20H21.C19H19.2C2H5.2ClH.H2Si.Zr/c1-4-15-6-8-17(9-7-15)19-11-14(3)10-18-12-16(5-2)13-20(18)19;1-4-15-5-7-16(8-6-15)18-11-13(2)9-17-10-14(3)12-19(17)18;2*1-2;;;;/h6-13H,4-5H2,1-3H3;5-12H,4H2,1-3H3;2*1H2,2H3;2*1H;1H2;. The maximum atomic E-state index is 2.64. The summed E-state index contributed by atoms with van der Waals surface area (Å²) in [6, 6.07) is 28.8. The Morgan fingerprint density at radius 1 is 0.553 bits per heavy atom. The molecule has 0 aromatic heterocycles. The van der Waals surface area contributed by atoms with E-state index in [1.54, 1.807) is 22.3 Å². The second kappa shape index (κ2) is 14.5. The van der Waals surface area contributed by atoms with Crippen molar-refractivity contribution in [3.63, 3.8) is 0 Å². The van der Waals surface area contributed by atoms with Crippen LogP contribution < -0.4 is 0 Å². The van der Waals surface area contributed by atoms with E-state index < -0.39 is 17.4 Å². The Morgan fingerprint density at radius 2 is 0.979 bits per heavy atom. The number of fused-ring (bicyclic) bond motifs is 2. The van der Waals surface area contributed by atoms with E-state index in [9.17, 15) is 0 Å². The van der Waals surface area contributed by atoms with Crippen LogP contribution in [0.4, 0.5) is 0 Å². The summed E-state index contributed by atoms with van der Waals surface area (Å²) in [4.78, 5) is 0. The smallest absolute Gasteiger partial charge is 0.147 e. The van der Waals surface area contributed by atoms with Gasteiger partial charge in [-0.25, -0.2) is 0 Å². The Labute approximate surface area is 299 Å². The van der Waals surface area contributed by atoms with E-state index in [1.165, 1.54) is 63.9 Å². The molecule has 0 fully saturated rings. The Bertz CT molecular complexity index is 1900. The quantitative estimate of drug-likeness (QED) is 0.149. The Morgan fingerprint density at radius 3 is 1.38 bits per heavy atom. The molecule has 0 spiro atoms. The van der Waals surface area contributed by atoms with Gasteiger partial charge in [-0.1, -0.05) is 0 Å². The maximum absolute atomic E-state index is 3.75. The molecule has 2 unspecified atom stereocenters. The van der Waals surface area contributed by atoms with Crippen molar-refractivity contribution < 1.29 is 17.4 Å². The van der Waals surface area contributed by atoms with Crippen LogP contribution in [0, 0.1) is 13.8 Å². The number of allylic oxidation sites excluding steroid dienone is 2. The third kappa shape index (κ3) is 6.20. The number of hydrogen-bond acceptors (Lipinski definition) is 0. The first-order valence-corrected chi connectivity index (χ1v) is 29.7. The first-order valence-electron chi connectivity index (χ1n) is 17.5. The van der Waals surface area contributed by atoms with Gasteiger partial charge in [-0.2, -0.15) is 0 Å². The van der Waals surface area contributed by atoms with Gasteiger partial charge < -0.3 is 0 Å². The molecule has 0 heterocycles. The van der Waals surface area contributed by atoms with E-state index in [-0.39, 0.29) is 24.8 Å². The van der Waals surface area contributed by atoms with Crippen LogP contribution in [0.5, 0.6) is 0 Å². The van der Waals surface area contributed by atoms with Gasteiger partial charge in [-0.15, -0.1) is 24.8 Å². The molecule has 0 N–H and O–H groups in total. The summed E-state index contributed by atoms with van der Waals surface area (Å²) in [5.41, 5.74) is 20.7. The fourth-order valence-electron chi connectivity index (χ4n) is 9.29. The number of halogens is 2. The van der Waals surface area contributed by atoms with Crippen LogP contribution in [-0.2, 0) is 30.2 Å². The summed E-state index contributed by atoms with van der Waals surface area (Å²) >= 11 is -3.75. The molecule has 0 amide bonds. The van der Waals surface area contributed by atoms with Gasteiger partial charge in [0.05, 0.1) is 0 Å². The van der Waals surface area contributed by atoms with Crippen LogP contribution in [0.25, 0.3) is 34.4 Å². The second-order valence-corrected chi connectivity index (χ2v) is 42.0. The van der Waals surface area contributed by atoms with Crippen molar-refractivity contribution in [3.05, 3.63) is 128 Å². The average molecular weight is 761 g/mol. The minimum absolute atomic E-state index is 0. The summed E-state index contributed by atoms with van der Waals surface area (Å²) < 4.78 is 3.79. The fraction of sp³-hybridized carbons (Fsp3) is 0.349. The zero-order valence-electron chi connectivity index (χ0n) is 29.8. The van der Waals surface area contributed by atoms with E-state index in [2.05, 4.69) is 147 Å². The molecule has 6 rings (SSSR count). The van der Waals surface area contributed by atoms with Crippen molar-refractivity contribution >= 4 is 43.8 Å². The minimum Gasteiger partial charge on any atom is -0.147 e. The third-order valence-electron chi connectivity index (χ3n) is 12.0.